The fourth-order valence-corrected chi connectivity index (χ4v) is 2.77. The van der Waals surface area contributed by atoms with Gasteiger partial charge >= 0.3 is 0 Å². The summed E-state index contributed by atoms with van der Waals surface area (Å²) in [6.07, 6.45) is 0.791. The third kappa shape index (κ3) is 4.51. The second kappa shape index (κ2) is 9.28. The molecule has 0 spiro atoms. The third-order valence-corrected chi connectivity index (χ3v) is 4.12. The molecule has 28 heavy (non-hydrogen) atoms. The van der Waals surface area contributed by atoms with Crippen molar-refractivity contribution in [2.24, 2.45) is 0 Å². The van der Waals surface area contributed by atoms with E-state index in [4.69, 9.17) is 9.47 Å². The number of aromatic amines is 1. The van der Waals surface area contributed by atoms with E-state index < -0.39 is 0 Å². The van der Waals surface area contributed by atoms with Crippen LogP contribution >= 0.6 is 0 Å². The minimum Gasteiger partial charge on any atom is -0.496 e. The summed E-state index contributed by atoms with van der Waals surface area (Å²) in [6.45, 7) is 0. The Hall–Kier alpha value is -3.73. The molecular formula is C23H22N2O3. The standard InChI is InChI=1S/C13H13NO.C10H9NO2/c1-14-12-9-5-6-10-13(12)15-11-7-3-2-4-8-11;1-13-10-4-2-3-9-8(10)5-7(6-12)11-9/h2-10,14H,1H3;2-6,11H,1H3. The van der Waals surface area contributed by atoms with Gasteiger partial charge in [-0.05, 0) is 42.5 Å². The first-order chi connectivity index (χ1) is 13.7. The summed E-state index contributed by atoms with van der Waals surface area (Å²) in [4.78, 5) is 13.5. The van der Waals surface area contributed by atoms with Crippen LogP contribution in [0.3, 0.4) is 0 Å². The van der Waals surface area contributed by atoms with E-state index >= 15 is 0 Å². The Morgan fingerprint density at radius 2 is 1.61 bits per heavy atom. The zero-order valence-electron chi connectivity index (χ0n) is 15.8. The lowest BCUT2D eigenvalue weighted by atomic mass is 10.2. The lowest BCUT2D eigenvalue weighted by Gasteiger charge is -2.09. The van der Waals surface area contributed by atoms with Crippen molar-refractivity contribution in [3.8, 4) is 17.2 Å². The topological polar surface area (TPSA) is 63.4 Å². The molecule has 0 saturated heterocycles. The maximum atomic E-state index is 10.5. The van der Waals surface area contributed by atoms with E-state index in [1.54, 1.807) is 13.2 Å². The number of nitrogens with one attached hydrogen (secondary N) is 2. The number of H-pyrrole nitrogens is 1. The lowest BCUT2D eigenvalue weighted by Crippen LogP contribution is -1.92. The Morgan fingerprint density at radius 1 is 0.893 bits per heavy atom. The Bertz CT molecular complexity index is 1040. The Kier molecular flexibility index (Phi) is 6.31. The van der Waals surface area contributed by atoms with Gasteiger partial charge < -0.3 is 19.8 Å². The van der Waals surface area contributed by atoms with Crippen LogP contribution in [-0.4, -0.2) is 25.4 Å². The highest BCUT2D eigenvalue weighted by Gasteiger charge is 2.04. The van der Waals surface area contributed by atoms with Crippen molar-refractivity contribution >= 4 is 22.9 Å². The van der Waals surface area contributed by atoms with E-state index in [-0.39, 0.29) is 0 Å². The highest BCUT2D eigenvalue weighted by Crippen LogP contribution is 2.28. The molecule has 4 rings (SSSR count). The number of aromatic nitrogens is 1. The molecule has 0 unspecified atom stereocenters. The molecule has 5 heteroatoms. The number of benzene rings is 3. The van der Waals surface area contributed by atoms with Crippen molar-refractivity contribution in [2.45, 2.75) is 0 Å². The van der Waals surface area contributed by atoms with Crippen LogP contribution in [0.1, 0.15) is 10.5 Å². The minimum absolute atomic E-state index is 0.569. The smallest absolute Gasteiger partial charge is 0.166 e. The van der Waals surface area contributed by atoms with Crippen LogP contribution in [0.4, 0.5) is 5.69 Å². The number of carbonyl (C=O) groups excluding carboxylic acids is 1. The quantitative estimate of drug-likeness (QED) is 0.452. The molecule has 1 aromatic heterocycles. The molecule has 3 aromatic carbocycles. The van der Waals surface area contributed by atoms with Gasteiger partial charge in [0, 0.05) is 18.0 Å². The van der Waals surface area contributed by atoms with Crippen molar-refractivity contribution in [2.75, 3.05) is 19.5 Å². The van der Waals surface area contributed by atoms with Crippen LogP contribution in [0.2, 0.25) is 0 Å². The SMILES string of the molecule is CNc1ccccc1Oc1ccccc1.COc1cccc2[nH]c(C=O)cc12. The predicted molar refractivity (Wildman–Crippen MR) is 113 cm³/mol. The first-order valence-corrected chi connectivity index (χ1v) is 8.85. The molecular weight excluding hydrogens is 352 g/mol. The van der Waals surface area contributed by atoms with Gasteiger partial charge in [-0.3, -0.25) is 4.79 Å². The molecule has 0 aliphatic rings. The fraction of sp³-hybridized carbons (Fsp3) is 0.0870. The van der Waals surface area contributed by atoms with E-state index in [0.717, 1.165) is 40.1 Å². The Balaban J connectivity index is 0.000000162. The molecule has 0 aliphatic heterocycles. The van der Waals surface area contributed by atoms with Crippen LogP contribution in [-0.2, 0) is 0 Å². The summed E-state index contributed by atoms with van der Waals surface area (Å²) in [5.74, 6) is 2.47. The molecule has 4 aromatic rings. The fourth-order valence-electron chi connectivity index (χ4n) is 2.77. The van der Waals surface area contributed by atoms with Gasteiger partial charge in [0.1, 0.15) is 17.2 Å². The van der Waals surface area contributed by atoms with E-state index in [1.165, 1.54) is 0 Å². The Morgan fingerprint density at radius 3 is 2.32 bits per heavy atom. The van der Waals surface area contributed by atoms with Crippen LogP contribution in [0.5, 0.6) is 17.2 Å². The van der Waals surface area contributed by atoms with Crippen molar-refractivity contribution in [3.63, 3.8) is 0 Å². The maximum Gasteiger partial charge on any atom is 0.166 e. The molecule has 0 aliphatic carbocycles. The summed E-state index contributed by atoms with van der Waals surface area (Å²) >= 11 is 0. The van der Waals surface area contributed by atoms with Crippen LogP contribution in [0, 0.1) is 0 Å². The summed E-state index contributed by atoms with van der Waals surface area (Å²) in [7, 11) is 3.50. The zero-order valence-corrected chi connectivity index (χ0v) is 15.8. The highest BCUT2D eigenvalue weighted by molar-refractivity contribution is 5.91. The van der Waals surface area contributed by atoms with E-state index in [9.17, 15) is 4.79 Å². The molecule has 2 N–H and O–H groups in total. The number of methoxy groups -OCH3 is 1. The van der Waals surface area contributed by atoms with E-state index in [1.807, 2.05) is 79.8 Å². The van der Waals surface area contributed by atoms with Crippen molar-refractivity contribution in [1.29, 1.82) is 0 Å². The van der Waals surface area contributed by atoms with Gasteiger partial charge in [-0.1, -0.05) is 36.4 Å². The number of anilines is 1. The monoisotopic (exact) mass is 374 g/mol. The van der Waals surface area contributed by atoms with Crippen molar-refractivity contribution in [1.82, 2.24) is 4.98 Å². The van der Waals surface area contributed by atoms with Gasteiger partial charge in [0.2, 0.25) is 0 Å². The first-order valence-electron chi connectivity index (χ1n) is 8.85. The van der Waals surface area contributed by atoms with E-state index in [0.29, 0.717) is 5.69 Å². The van der Waals surface area contributed by atoms with Gasteiger partial charge in [-0.25, -0.2) is 0 Å². The normalized spacial score (nSPS) is 9.93. The summed E-state index contributed by atoms with van der Waals surface area (Å²) in [5.41, 5.74) is 2.47. The number of aldehydes is 1. The summed E-state index contributed by atoms with van der Waals surface area (Å²) in [5, 5.41) is 4.03. The summed E-state index contributed by atoms with van der Waals surface area (Å²) in [6, 6.07) is 25.0. The van der Waals surface area contributed by atoms with Crippen molar-refractivity contribution < 1.29 is 14.3 Å². The Labute approximate surface area is 163 Å². The average molecular weight is 374 g/mol. The minimum atomic E-state index is 0.569. The molecule has 5 nitrogen and oxygen atoms in total. The van der Waals surface area contributed by atoms with Crippen LogP contribution in [0.25, 0.3) is 10.9 Å². The average Bonchev–Trinajstić information content (AvgIpc) is 3.19. The third-order valence-electron chi connectivity index (χ3n) is 4.12. The predicted octanol–water partition coefficient (Wildman–Crippen LogP) is 5.51. The van der Waals surface area contributed by atoms with Gasteiger partial charge in [-0.15, -0.1) is 0 Å². The largest absolute Gasteiger partial charge is 0.496 e. The molecule has 0 amide bonds. The molecule has 0 bridgehead atoms. The maximum absolute atomic E-state index is 10.5. The van der Waals surface area contributed by atoms with Gasteiger partial charge in [0.05, 0.1) is 18.5 Å². The number of carbonyl (C=O) groups is 1. The number of rotatable bonds is 5. The first kappa shape index (κ1) is 19.0. The number of hydrogen-bond acceptors (Lipinski definition) is 4. The number of fused-ring (bicyclic) bond motifs is 1. The molecule has 0 atom stereocenters. The lowest BCUT2D eigenvalue weighted by molar-refractivity contribution is 0.112. The van der Waals surface area contributed by atoms with E-state index in [2.05, 4.69) is 10.3 Å². The van der Waals surface area contributed by atoms with Crippen LogP contribution < -0.4 is 14.8 Å². The molecule has 1 heterocycles. The molecule has 142 valence electrons. The second-order valence-electron chi connectivity index (χ2n) is 5.93. The van der Waals surface area contributed by atoms with Gasteiger partial charge in [0.25, 0.3) is 0 Å². The molecule has 0 saturated carbocycles. The molecule has 0 radical (unpaired) electrons. The number of ether oxygens (including phenoxy) is 2. The van der Waals surface area contributed by atoms with Crippen LogP contribution in [0.15, 0.2) is 78.9 Å². The highest BCUT2D eigenvalue weighted by atomic mass is 16.5. The second-order valence-corrected chi connectivity index (χ2v) is 5.93. The molecule has 0 fully saturated rings. The van der Waals surface area contributed by atoms with Crippen molar-refractivity contribution in [3.05, 3.63) is 84.6 Å². The van der Waals surface area contributed by atoms with Gasteiger partial charge in [0.15, 0.2) is 6.29 Å². The number of para-hydroxylation sites is 3. The number of hydrogen-bond donors (Lipinski definition) is 2. The summed E-state index contributed by atoms with van der Waals surface area (Å²) < 4.78 is 10.9. The zero-order chi connectivity index (χ0) is 19.8. The van der Waals surface area contributed by atoms with Gasteiger partial charge in [-0.2, -0.15) is 0 Å².